The number of carbonyl (C=O) groups is 2. The van der Waals surface area contributed by atoms with Gasteiger partial charge in [0.25, 0.3) is 0 Å². The zero-order valence-corrected chi connectivity index (χ0v) is 29.2. The molecule has 240 valence electrons. The van der Waals surface area contributed by atoms with Crippen molar-refractivity contribution in [1.82, 2.24) is 9.80 Å². The zero-order valence-electron chi connectivity index (χ0n) is 28.2. The molecule has 0 aromatic heterocycles. The highest BCUT2D eigenvalue weighted by Crippen LogP contribution is 2.39. The number of hydrogen-bond acceptors (Lipinski definition) is 6. The summed E-state index contributed by atoms with van der Waals surface area (Å²) in [6.45, 7) is 18.9. The Balaban J connectivity index is 1.55. The first-order valence-corrected chi connectivity index (χ1v) is 18.8. The molecule has 2 atom stereocenters. The van der Waals surface area contributed by atoms with E-state index >= 15 is 0 Å². The number of esters is 1. The van der Waals surface area contributed by atoms with Gasteiger partial charge in [0.15, 0.2) is 8.32 Å². The summed E-state index contributed by atoms with van der Waals surface area (Å²) >= 11 is 0. The molecular weight excluding hydrogens is 568 g/mol. The van der Waals surface area contributed by atoms with Crippen molar-refractivity contribution in [1.29, 1.82) is 0 Å². The first-order chi connectivity index (χ1) is 20.6. The zero-order chi connectivity index (χ0) is 32.3. The molecule has 0 N–H and O–H groups in total. The standard InChI is InChI=1S/C36H52N2O5Si/c1-35(2,3)43-34(40)38-23-29-22-30(28-19-17-26(18-20-28)16-13-21-42-44(8,9)36(4,5)6)32(31(24-38)37(29)7)33(39)41-25-27-14-11-10-12-15-27/h10-12,14-15,17-20,29,31H,13,16,21-25H2,1-9H3/t29-,31-/m1/s1. The molecule has 0 radical (unpaired) electrons. The van der Waals surface area contributed by atoms with Crippen molar-refractivity contribution >= 4 is 26.0 Å². The van der Waals surface area contributed by atoms with Crippen molar-refractivity contribution in [3.8, 4) is 0 Å². The summed E-state index contributed by atoms with van der Waals surface area (Å²) < 4.78 is 18.0. The third-order valence-electron chi connectivity index (χ3n) is 9.26. The van der Waals surface area contributed by atoms with E-state index in [0.717, 1.165) is 36.1 Å². The number of amides is 1. The lowest BCUT2D eigenvalue weighted by Crippen LogP contribution is -2.62. The number of carbonyl (C=O) groups excluding carboxylic acids is 2. The van der Waals surface area contributed by atoms with Gasteiger partial charge in [0, 0.05) is 25.7 Å². The monoisotopic (exact) mass is 620 g/mol. The van der Waals surface area contributed by atoms with Crippen molar-refractivity contribution < 1.29 is 23.5 Å². The van der Waals surface area contributed by atoms with Crippen molar-refractivity contribution in [3.05, 3.63) is 76.9 Å². The maximum absolute atomic E-state index is 13.8. The predicted molar refractivity (Wildman–Crippen MR) is 179 cm³/mol. The highest BCUT2D eigenvalue weighted by molar-refractivity contribution is 6.74. The smallest absolute Gasteiger partial charge is 0.410 e. The maximum Gasteiger partial charge on any atom is 0.410 e. The number of hydrogen-bond donors (Lipinski definition) is 0. The molecule has 1 saturated heterocycles. The van der Waals surface area contributed by atoms with Crippen molar-refractivity contribution in [2.45, 2.75) is 103 Å². The minimum absolute atomic E-state index is 0.0640. The normalized spacial score (nSPS) is 19.6. The van der Waals surface area contributed by atoms with Crippen molar-refractivity contribution in [3.63, 3.8) is 0 Å². The topological polar surface area (TPSA) is 68.3 Å². The van der Waals surface area contributed by atoms with Crippen molar-refractivity contribution in [2.75, 3.05) is 26.7 Å². The van der Waals surface area contributed by atoms with Gasteiger partial charge in [-0.05, 0) is 87.5 Å². The van der Waals surface area contributed by atoms with Gasteiger partial charge in [0.05, 0.1) is 11.6 Å². The third-order valence-corrected chi connectivity index (χ3v) is 13.8. The highest BCUT2D eigenvalue weighted by atomic mass is 28.4. The second kappa shape index (κ2) is 13.6. The Morgan fingerprint density at radius 2 is 1.57 bits per heavy atom. The molecule has 2 aliphatic heterocycles. The molecule has 2 aromatic rings. The fourth-order valence-corrected chi connectivity index (χ4v) is 6.69. The van der Waals surface area contributed by atoms with Crippen LogP contribution in [0.3, 0.4) is 0 Å². The lowest BCUT2D eigenvalue weighted by Gasteiger charge is -2.49. The van der Waals surface area contributed by atoms with Crippen LogP contribution in [0.25, 0.3) is 5.57 Å². The van der Waals surface area contributed by atoms with E-state index in [0.29, 0.717) is 25.1 Å². The molecule has 2 heterocycles. The average Bonchev–Trinajstić information content (AvgIpc) is 2.93. The number of fused-ring (bicyclic) bond motifs is 2. The number of benzene rings is 2. The molecule has 0 spiro atoms. The van der Waals surface area contributed by atoms with Crippen LogP contribution in [0.5, 0.6) is 0 Å². The van der Waals surface area contributed by atoms with Gasteiger partial charge in [-0.2, -0.15) is 0 Å². The fourth-order valence-electron chi connectivity index (χ4n) is 5.60. The Morgan fingerprint density at radius 3 is 2.18 bits per heavy atom. The summed E-state index contributed by atoms with van der Waals surface area (Å²) in [7, 11) is 0.291. The fraction of sp³-hybridized carbons (Fsp3) is 0.556. The first-order valence-electron chi connectivity index (χ1n) is 15.9. The summed E-state index contributed by atoms with van der Waals surface area (Å²) in [5, 5.41) is 0.207. The molecule has 1 fully saturated rings. The molecular formula is C36H52N2O5Si. The second-order valence-electron chi connectivity index (χ2n) is 14.8. The van der Waals surface area contributed by atoms with Crippen LogP contribution in [-0.4, -0.2) is 74.6 Å². The summed E-state index contributed by atoms with van der Waals surface area (Å²) in [5.41, 5.74) is 4.27. The SMILES string of the molecule is CN1[C@@H]2CC(c3ccc(CCCO[Si](C)(C)C(C)(C)C)cc3)=C(C(=O)OCc3ccccc3)[C@H]1CN(C(=O)OC(C)(C)C)C2. The summed E-state index contributed by atoms with van der Waals surface area (Å²) in [4.78, 5) is 30.9. The Labute approximate surface area is 265 Å². The number of nitrogens with zero attached hydrogens (tertiary/aromatic N) is 2. The molecule has 7 nitrogen and oxygen atoms in total. The van der Waals surface area contributed by atoms with Crippen LogP contribution in [0.1, 0.15) is 71.1 Å². The van der Waals surface area contributed by atoms with E-state index in [9.17, 15) is 9.59 Å². The van der Waals surface area contributed by atoms with Gasteiger partial charge in [0.1, 0.15) is 12.2 Å². The molecule has 0 saturated carbocycles. The lowest BCUT2D eigenvalue weighted by molar-refractivity contribution is -0.141. The Bertz CT molecular complexity index is 1330. The summed E-state index contributed by atoms with van der Waals surface area (Å²) in [6.07, 6.45) is 2.21. The van der Waals surface area contributed by atoms with E-state index in [1.165, 1.54) is 5.56 Å². The molecule has 2 aliphatic rings. The number of ether oxygens (including phenoxy) is 2. The molecule has 0 aliphatic carbocycles. The summed E-state index contributed by atoms with van der Waals surface area (Å²) in [5.74, 6) is -0.336. The number of piperazine rings is 1. The molecule has 4 rings (SSSR count). The van der Waals surface area contributed by atoms with Crippen LogP contribution in [0.15, 0.2) is 60.2 Å². The van der Waals surface area contributed by atoms with Crippen LogP contribution in [0.4, 0.5) is 4.79 Å². The largest absolute Gasteiger partial charge is 0.457 e. The van der Waals surface area contributed by atoms with E-state index in [-0.39, 0.29) is 35.8 Å². The van der Waals surface area contributed by atoms with E-state index < -0.39 is 13.9 Å². The van der Waals surface area contributed by atoms with Crippen LogP contribution in [0, 0.1) is 0 Å². The first kappa shape index (κ1) is 33.9. The van der Waals surface area contributed by atoms with Crippen molar-refractivity contribution in [2.24, 2.45) is 0 Å². The van der Waals surface area contributed by atoms with Gasteiger partial charge >= 0.3 is 12.1 Å². The van der Waals surface area contributed by atoms with Crippen LogP contribution < -0.4 is 0 Å². The van der Waals surface area contributed by atoms with Crippen LogP contribution >= 0.6 is 0 Å². The number of likely N-dealkylation sites (N-methyl/N-ethyl adjacent to an activating group) is 1. The van der Waals surface area contributed by atoms with E-state index in [1.54, 1.807) is 4.90 Å². The lowest BCUT2D eigenvalue weighted by atomic mass is 9.82. The second-order valence-corrected chi connectivity index (χ2v) is 19.6. The predicted octanol–water partition coefficient (Wildman–Crippen LogP) is 7.46. The molecule has 2 bridgehead atoms. The maximum atomic E-state index is 13.8. The van der Waals surface area contributed by atoms with E-state index in [4.69, 9.17) is 13.9 Å². The van der Waals surface area contributed by atoms with Gasteiger partial charge in [-0.25, -0.2) is 9.59 Å². The summed E-state index contributed by atoms with van der Waals surface area (Å²) in [6, 6.07) is 18.1. The molecule has 8 heteroatoms. The number of rotatable bonds is 9. The van der Waals surface area contributed by atoms with Gasteiger partial charge in [-0.1, -0.05) is 75.4 Å². The average molecular weight is 621 g/mol. The van der Waals surface area contributed by atoms with Gasteiger partial charge in [-0.3, -0.25) is 4.90 Å². The minimum Gasteiger partial charge on any atom is -0.457 e. The number of aryl methyl sites for hydroxylation is 1. The van der Waals surface area contributed by atoms with E-state index in [1.807, 2.05) is 58.2 Å². The van der Waals surface area contributed by atoms with Gasteiger partial charge in [-0.15, -0.1) is 0 Å². The van der Waals surface area contributed by atoms with Gasteiger partial charge in [0.2, 0.25) is 0 Å². The van der Waals surface area contributed by atoms with Crippen LogP contribution in [0.2, 0.25) is 18.1 Å². The molecule has 2 aromatic carbocycles. The minimum atomic E-state index is -1.75. The Kier molecular flexibility index (Phi) is 10.5. The Morgan fingerprint density at radius 1 is 0.909 bits per heavy atom. The molecule has 0 unspecified atom stereocenters. The highest BCUT2D eigenvalue weighted by Gasteiger charge is 2.45. The Hall–Kier alpha value is -2.94. The van der Waals surface area contributed by atoms with Crippen LogP contribution in [-0.2, 0) is 31.7 Å². The van der Waals surface area contributed by atoms with Gasteiger partial charge < -0.3 is 18.8 Å². The molecule has 1 amide bonds. The van der Waals surface area contributed by atoms with E-state index in [2.05, 4.69) is 63.0 Å². The quantitative estimate of drug-likeness (QED) is 0.165. The third kappa shape index (κ3) is 8.40. The molecule has 44 heavy (non-hydrogen) atoms.